The first-order valence-corrected chi connectivity index (χ1v) is 6.91. The lowest BCUT2D eigenvalue weighted by molar-refractivity contribution is 1.09. The minimum Gasteiger partial charge on any atom is -0.0683 e. The lowest BCUT2D eigenvalue weighted by Gasteiger charge is -2.15. The van der Waals surface area contributed by atoms with Gasteiger partial charge in [0.05, 0.1) is 0 Å². The van der Waals surface area contributed by atoms with Crippen LogP contribution in [0.2, 0.25) is 0 Å². The average molecular weight is 236 g/mol. The van der Waals surface area contributed by atoms with E-state index in [4.69, 9.17) is 0 Å². The van der Waals surface area contributed by atoms with Gasteiger partial charge in [0.25, 0.3) is 0 Å². The van der Waals surface area contributed by atoms with E-state index in [1.807, 2.05) is 13.8 Å². The third kappa shape index (κ3) is 4.93. The molecular weight excluding hydrogens is 204 g/mol. The lowest BCUT2D eigenvalue weighted by atomic mass is 9.90. The van der Waals surface area contributed by atoms with Crippen molar-refractivity contribution >= 4 is 0 Å². The van der Waals surface area contributed by atoms with Gasteiger partial charge in [-0.15, -0.1) is 0 Å². The van der Waals surface area contributed by atoms with E-state index >= 15 is 0 Å². The number of rotatable bonds is 0. The Morgan fingerprint density at radius 2 is 0.529 bits per heavy atom. The third-order valence-electron chi connectivity index (χ3n) is 3.38. The second-order valence-corrected chi connectivity index (χ2v) is 4.46. The Morgan fingerprint density at radius 3 is 0.588 bits per heavy atom. The van der Waals surface area contributed by atoms with Gasteiger partial charge < -0.3 is 0 Å². The van der Waals surface area contributed by atoms with Gasteiger partial charge in [-0.3, -0.25) is 0 Å². The van der Waals surface area contributed by atoms with Crippen LogP contribution in [0.3, 0.4) is 0 Å². The summed E-state index contributed by atoms with van der Waals surface area (Å²) in [6, 6.07) is 0. The zero-order valence-corrected chi connectivity index (χ0v) is 13.7. The molecule has 0 saturated carbocycles. The highest BCUT2D eigenvalue weighted by Crippen LogP contribution is 2.24. The second-order valence-electron chi connectivity index (χ2n) is 4.46. The standard InChI is InChI=1S/C12H18.C3H8.C2H6/c1-7-8(2)10(4)12(6)11(5)9(7)3;1-3-2;1-2/h1-6H3;3H2,1-2H3;1-2H3. The first-order chi connectivity index (χ1) is 7.88. The van der Waals surface area contributed by atoms with Crippen LogP contribution < -0.4 is 0 Å². The first kappa shape index (κ1) is 18.6. The van der Waals surface area contributed by atoms with Crippen LogP contribution in [0.25, 0.3) is 0 Å². The van der Waals surface area contributed by atoms with Gasteiger partial charge in [-0.1, -0.05) is 34.1 Å². The molecule has 0 bridgehead atoms. The smallest absolute Gasteiger partial charge is 0.0392 e. The molecule has 0 atom stereocenters. The van der Waals surface area contributed by atoms with Crippen molar-refractivity contribution in [3.05, 3.63) is 33.4 Å². The molecule has 0 aliphatic carbocycles. The van der Waals surface area contributed by atoms with Crippen LogP contribution in [0.1, 0.15) is 67.5 Å². The molecule has 0 aliphatic rings. The Balaban J connectivity index is 0. The van der Waals surface area contributed by atoms with E-state index in [2.05, 4.69) is 55.4 Å². The summed E-state index contributed by atoms with van der Waals surface area (Å²) in [5.41, 5.74) is 8.73. The van der Waals surface area contributed by atoms with Crippen molar-refractivity contribution in [1.29, 1.82) is 0 Å². The second kappa shape index (κ2) is 9.27. The van der Waals surface area contributed by atoms with Crippen LogP contribution in [0, 0.1) is 41.5 Å². The molecule has 0 aliphatic heterocycles. The summed E-state index contributed by atoms with van der Waals surface area (Å²) in [5.74, 6) is 0. The van der Waals surface area contributed by atoms with Gasteiger partial charge in [0.15, 0.2) is 0 Å². The molecule has 17 heavy (non-hydrogen) atoms. The van der Waals surface area contributed by atoms with Gasteiger partial charge >= 0.3 is 0 Å². The quantitative estimate of drug-likeness (QED) is 0.520. The Morgan fingerprint density at radius 1 is 0.471 bits per heavy atom. The maximum absolute atomic E-state index is 2.21. The van der Waals surface area contributed by atoms with Crippen LogP contribution in [0.5, 0.6) is 0 Å². The number of benzene rings is 1. The van der Waals surface area contributed by atoms with Gasteiger partial charge in [-0.2, -0.15) is 0 Å². The average Bonchev–Trinajstić information content (AvgIpc) is 2.35. The largest absolute Gasteiger partial charge is 0.0683 e. The van der Waals surface area contributed by atoms with Crippen molar-refractivity contribution in [2.75, 3.05) is 0 Å². The fourth-order valence-corrected chi connectivity index (χ4v) is 1.69. The molecule has 1 rings (SSSR count). The van der Waals surface area contributed by atoms with Crippen LogP contribution in [-0.4, -0.2) is 0 Å². The summed E-state index contributed by atoms with van der Waals surface area (Å²) in [4.78, 5) is 0. The normalized spacial score (nSPS) is 8.82. The van der Waals surface area contributed by atoms with E-state index in [1.54, 1.807) is 0 Å². The van der Waals surface area contributed by atoms with E-state index in [9.17, 15) is 0 Å². The molecule has 0 spiro atoms. The van der Waals surface area contributed by atoms with Crippen molar-refractivity contribution in [3.8, 4) is 0 Å². The summed E-state index contributed by atoms with van der Waals surface area (Å²) >= 11 is 0. The minimum absolute atomic E-state index is 1.25. The minimum atomic E-state index is 1.25. The Labute approximate surface area is 109 Å². The van der Waals surface area contributed by atoms with Crippen molar-refractivity contribution in [2.45, 2.75) is 75.7 Å². The lowest BCUT2D eigenvalue weighted by Crippen LogP contribution is -1.98. The zero-order chi connectivity index (χ0) is 14.2. The molecule has 1 aromatic rings. The summed E-state index contributed by atoms with van der Waals surface area (Å²) < 4.78 is 0. The highest BCUT2D eigenvalue weighted by molar-refractivity contribution is 5.48. The van der Waals surface area contributed by atoms with Gasteiger partial charge in [-0.05, 0) is 74.9 Å². The third-order valence-corrected chi connectivity index (χ3v) is 3.38. The van der Waals surface area contributed by atoms with Crippen molar-refractivity contribution in [2.24, 2.45) is 0 Å². The monoisotopic (exact) mass is 236 g/mol. The molecule has 0 amide bonds. The molecule has 1 aromatic carbocycles. The van der Waals surface area contributed by atoms with Crippen LogP contribution in [0.15, 0.2) is 0 Å². The Hall–Kier alpha value is -0.780. The fourth-order valence-electron chi connectivity index (χ4n) is 1.69. The van der Waals surface area contributed by atoms with Crippen LogP contribution >= 0.6 is 0 Å². The van der Waals surface area contributed by atoms with Gasteiger partial charge in [0.2, 0.25) is 0 Å². The number of hydrogen-bond donors (Lipinski definition) is 0. The Bertz CT molecular complexity index is 227. The molecule has 0 aromatic heterocycles. The van der Waals surface area contributed by atoms with Gasteiger partial charge in [-0.25, -0.2) is 0 Å². The molecule has 0 heterocycles. The van der Waals surface area contributed by atoms with Gasteiger partial charge in [0.1, 0.15) is 0 Å². The van der Waals surface area contributed by atoms with Crippen molar-refractivity contribution < 1.29 is 0 Å². The maximum atomic E-state index is 2.21. The number of hydrogen-bond acceptors (Lipinski definition) is 0. The van der Waals surface area contributed by atoms with E-state index in [-0.39, 0.29) is 0 Å². The van der Waals surface area contributed by atoms with Gasteiger partial charge in [0, 0.05) is 0 Å². The SMILES string of the molecule is CC.CCC.Cc1c(C)c(C)c(C)c(C)c1C. The summed E-state index contributed by atoms with van der Waals surface area (Å²) in [6.45, 7) is 21.5. The predicted octanol–water partition coefficient (Wildman–Crippen LogP) is 5.98. The highest BCUT2D eigenvalue weighted by atomic mass is 14.1. The Kier molecular flexibility index (Phi) is 10.1. The molecule has 0 N–H and O–H groups in total. The van der Waals surface area contributed by atoms with Crippen molar-refractivity contribution in [1.82, 2.24) is 0 Å². The molecule has 0 fully saturated rings. The van der Waals surface area contributed by atoms with Crippen molar-refractivity contribution in [3.63, 3.8) is 0 Å². The highest BCUT2D eigenvalue weighted by Gasteiger charge is 2.07. The molecule has 0 unspecified atom stereocenters. The van der Waals surface area contributed by atoms with E-state index in [0.29, 0.717) is 0 Å². The molecule has 0 heteroatoms. The molecular formula is C17H32. The first-order valence-electron chi connectivity index (χ1n) is 6.91. The molecule has 0 nitrogen and oxygen atoms in total. The molecule has 0 radical (unpaired) electrons. The predicted molar refractivity (Wildman–Crippen MR) is 82.2 cm³/mol. The summed E-state index contributed by atoms with van der Waals surface area (Å²) in [6.07, 6.45) is 1.25. The summed E-state index contributed by atoms with van der Waals surface area (Å²) in [5, 5.41) is 0. The van der Waals surface area contributed by atoms with E-state index in [0.717, 1.165) is 0 Å². The topological polar surface area (TPSA) is 0 Å². The fraction of sp³-hybridized carbons (Fsp3) is 0.647. The molecule has 0 saturated heterocycles. The van der Waals surface area contributed by atoms with E-state index < -0.39 is 0 Å². The zero-order valence-electron chi connectivity index (χ0n) is 13.7. The maximum Gasteiger partial charge on any atom is -0.0392 e. The molecule has 100 valence electrons. The van der Waals surface area contributed by atoms with E-state index in [1.165, 1.54) is 39.8 Å². The van der Waals surface area contributed by atoms with Crippen LogP contribution in [-0.2, 0) is 0 Å². The summed E-state index contributed by atoms with van der Waals surface area (Å²) in [7, 11) is 0. The van der Waals surface area contributed by atoms with Crippen LogP contribution in [0.4, 0.5) is 0 Å².